The number of carbonyl (C=O) groups is 1. The number of hydrogen-bond donors (Lipinski definition) is 1. The van der Waals surface area contributed by atoms with Crippen LogP contribution in [0.5, 0.6) is 0 Å². The summed E-state index contributed by atoms with van der Waals surface area (Å²) in [5.41, 5.74) is 1.43. The Balaban J connectivity index is 1.84. The van der Waals surface area contributed by atoms with E-state index in [-0.39, 0.29) is 18.9 Å². The molecule has 1 N–H and O–H groups in total. The molecule has 0 aliphatic heterocycles. The SMILES string of the molecule is CC(C)(C)C(=O)N[C@H](COCc1ccccc1)c1nnnn1C(/C=C/c1ccccc1)CC#N. The van der Waals surface area contributed by atoms with E-state index in [2.05, 4.69) is 26.9 Å². The highest BCUT2D eigenvalue weighted by Crippen LogP contribution is 2.22. The van der Waals surface area contributed by atoms with E-state index in [4.69, 9.17) is 4.74 Å². The molecule has 1 amide bonds. The summed E-state index contributed by atoms with van der Waals surface area (Å²) in [5, 5.41) is 24.6. The molecule has 0 radical (unpaired) electrons. The maximum absolute atomic E-state index is 12.8. The number of carbonyl (C=O) groups excluding carboxylic acids is 1. The Morgan fingerprint density at radius 2 is 1.82 bits per heavy atom. The number of nitrogens with zero attached hydrogens (tertiary/aromatic N) is 5. The molecule has 0 spiro atoms. The minimum absolute atomic E-state index is 0.146. The van der Waals surface area contributed by atoms with Gasteiger partial charge >= 0.3 is 0 Å². The summed E-state index contributed by atoms with van der Waals surface area (Å²) in [4.78, 5) is 12.8. The van der Waals surface area contributed by atoms with Gasteiger partial charge in [-0.05, 0) is 21.6 Å². The van der Waals surface area contributed by atoms with Crippen LogP contribution >= 0.6 is 0 Å². The first-order valence-electron chi connectivity index (χ1n) is 11.2. The fourth-order valence-corrected chi connectivity index (χ4v) is 3.21. The summed E-state index contributed by atoms with van der Waals surface area (Å²) < 4.78 is 7.52. The second-order valence-electron chi connectivity index (χ2n) is 8.96. The van der Waals surface area contributed by atoms with Gasteiger partial charge in [0.15, 0.2) is 5.82 Å². The van der Waals surface area contributed by atoms with E-state index < -0.39 is 17.5 Å². The molecule has 3 aromatic rings. The number of benzene rings is 2. The van der Waals surface area contributed by atoms with Crippen LogP contribution in [0.4, 0.5) is 0 Å². The molecular formula is C26H30N6O2. The fraction of sp³-hybridized carbons (Fsp3) is 0.346. The Kier molecular flexibility index (Phi) is 8.66. The largest absolute Gasteiger partial charge is 0.374 e. The lowest BCUT2D eigenvalue weighted by atomic mass is 9.95. The van der Waals surface area contributed by atoms with Crippen LogP contribution < -0.4 is 5.32 Å². The lowest BCUT2D eigenvalue weighted by Gasteiger charge is -2.24. The molecule has 0 aliphatic rings. The molecule has 3 rings (SSSR count). The van der Waals surface area contributed by atoms with Gasteiger partial charge in [-0.15, -0.1) is 5.10 Å². The van der Waals surface area contributed by atoms with Gasteiger partial charge in [0.25, 0.3) is 0 Å². The Hall–Kier alpha value is -3.83. The topological polar surface area (TPSA) is 106 Å². The third-order valence-electron chi connectivity index (χ3n) is 5.14. The van der Waals surface area contributed by atoms with Crippen molar-refractivity contribution in [2.45, 2.75) is 45.9 Å². The molecule has 0 bridgehead atoms. The molecule has 8 heteroatoms. The van der Waals surface area contributed by atoms with E-state index in [0.717, 1.165) is 11.1 Å². The number of allylic oxidation sites excluding steroid dienone is 1. The third kappa shape index (κ3) is 7.09. The van der Waals surface area contributed by atoms with Crippen LogP contribution in [0.3, 0.4) is 0 Å². The predicted octanol–water partition coefficient (Wildman–Crippen LogP) is 4.26. The van der Waals surface area contributed by atoms with Crippen molar-refractivity contribution in [1.29, 1.82) is 5.26 Å². The van der Waals surface area contributed by atoms with Crippen LogP contribution in [0.2, 0.25) is 0 Å². The molecule has 0 aliphatic carbocycles. The molecule has 2 atom stereocenters. The zero-order valence-electron chi connectivity index (χ0n) is 19.8. The molecule has 1 unspecified atom stereocenters. The van der Waals surface area contributed by atoms with Crippen molar-refractivity contribution in [3.63, 3.8) is 0 Å². The fourth-order valence-electron chi connectivity index (χ4n) is 3.21. The first kappa shape index (κ1) is 24.8. The Labute approximate surface area is 200 Å². The highest BCUT2D eigenvalue weighted by molar-refractivity contribution is 5.81. The van der Waals surface area contributed by atoms with Crippen LogP contribution in [-0.2, 0) is 16.1 Å². The number of nitriles is 1. The van der Waals surface area contributed by atoms with Crippen LogP contribution in [0.15, 0.2) is 66.7 Å². The van der Waals surface area contributed by atoms with Gasteiger partial charge in [-0.1, -0.05) is 93.6 Å². The van der Waals surface area contributed by atoms with Crippen molar-refractivity contribution in [3.8, 4) is 6.07 Å². The molecular weight excluding hydrogens is 428 g/mol. The van der Waals surface area contributed by atoms with Crippen molar-refractivity contribution in [3.05, 3.63) is 83.7 Å². The lowest BCUT2D eigenvalue weighted by Crippen LogP contribution is -2.40. The van der Waals surface area contributed by atoms with Gasteiger partial charge in [0.1, 0.15) is 6.04 Å². The van der Waals surface area contributed by atoms with E-state index in [0.29, 0.717) is 12.4 Å². The van der Waals surface area contributed by atoms with Crippen LogP contribution in [0, 0.1) is 16.7 Å². The molecule has 0 fully saturated rings. The van der Waals surface area contributed by atoms with Crippen LogP contribution in [-0.4, -0.2) is 32.7 Å². The first-order valence-corrected chi connectivity index (χ1v) is 11.2. The zero-order chi connectivity index (χ0) is 24.4. The Morgan fingerprint density at radius 1 is 1.15 bits per heavy atom. The quantitative estimate of drug-likeness (QED) is 0.487. The minimum atomic E-state index is -0.602. The van der Waals surface area contributed by atoms with Gasteiger partial charge in [0, 0.05) is 5.41 Å². The number of rotatable bonds is 10. The van der Waals surface area contributed by atoms with Crippen molar-refractivity contribution < 1.29 is 9.53 Å². The average molecular weight is 459 g/mol. The van der Waals surface area contributed by atoms with Gasteiger partial charge in [-0.2, -0.15) is 5.26 Å². The minimum Gasteiger partial charge on any atom is -0.374 e. The van der Waals surface area contributed by atoms with E-state index in [1.54, 1.807) is 4.68 Å². The lowest BCUT2D eigenvalue weighted by molar-refractivity contribution is -0.130. The molecule has 0 saturated carbocycles. The predicted molar refractivity (Wildman–Crippen MR) is 129 cm³/mol. The summed E-state index contributed by atoms with van der Waals surface area (Å²) in [5.74, 6) is 0.288. The monoisotopic (exact) mass is 458 g/mol. The molecule has 0 saturated heterocycles. The summed E-state index contributed by atoms with van der Waals surface area (Å²) in [6, 6.07) is 20.8. The summed E-state index contributed by atoms with van der Waals surface area (Å²) in [7, 11) is 0. The molecule has 2 aromatic carbocycles. The molecule has 8 nitrogen and oxygen atoms in total. The maximum Gasteiger partial charge on any atom is 0.226 e. The molecule has 176 valence electrons. The standard InChI is InChI=1S/C26H30N6O2/c1-26(2,3)25(33)28-23(19-34-18-21-12-8-5-9-13-21)24-29-30-31-32(24)22(16-17-27)15-14-20-10-6-4-7-11-20/h4-15,22-23H,16,18-19H2,1-3H3,(H,28,33)/b15-14+/t22?,23-/m1/s1. The second kappa shape index (κ2) is 11.9. The van der Waals surface area contributed by atoms with E-state index in [9.17, 15) is 10.1 Å². The van der Waals surface area contributed by atoms with Crippen molar-refractivity contribution in [2.75, 3.05) is 6.61 Å². The highest BCUT2D eigenvalue weighted by Gasteiger charge is 2.29. The highest BCUT2D eigenvalue weighted by atomic mass is 16.5. The zero-order valence-corrected chi connectivity index (χ0v) is 19.8. The van der Waals surface area contributed by atoms with Gasteiger partial charge < -0.3 is 10.1 Å². The van der Waals surface area contributed by atoms with Gasteiger partial charge in [-0.25, -0.2) is 4.68 Å². The number of ether oxygens (including phenoxy) is 1. The number of hydrogen-bond acceptors (Lipinski definition) is 6. The van der Waals surface area contributed by atoms with Crippen LogP contribution in [0.1, 0.15) is 56.2 Å². The first-order chi connectivity index (χ1) is 16.4. The number of tetrazole rings is 1. The molecule has 34 heavy (non-hydrogen) atoms. The van der Waals surface area contributed by atoms with Gasteiger partial charge in [0.05, 0.1) is 31.7 Å². The molecule has 1 aromatic heterocycles. The number of amides is 1. The number of nitrogens with one attached hydrogen (secondary N) is 1. The van der Waals surface area contributed by atoms with Crippen LogP contribution in [0.25, 0.3) is 6.08 Å². The van der Waals surface area contributed by atoms with Crippen molar-refractivity contribution in [2.24, 2.45) is 5.41 Å². The van der Waals surface area contributed by atoms with E-state index >= 15 is 0 Å². The Morgan fingerprint density at radius 3 is 2.47 bits per heavy atom. The summed E-state index contributed by atoms with van der Waals surface area (Å²) in [6.07, 6.45) is 4.00. The maximum atomic E-state index is 12.8. The third-order valence-corrected chi connectivity index (χ3v) is 5.14. The van der Waals surface area contributed by atoms with E-state index in [1.165, 1.54) is 0 Å². The number of aromatic nitrogens is 4. The van der Waals surface area contributed by atoms with Crippen molar-refractivity contribution in [1.82, 2.24) is 25.5 Å². The summed E-state index contributed by atoms with van der Waals surface area (Å²) in [6.45, 7) is 6.09. The van der Waals surface area contributed by atoms with Crippen molar-refractivity contribution >= 4 is 12.0 Å². The van der Waals surface area contributed by atoms with Gasteiger partial charge in [0.2, 0.25) is 5.91 Å². The smallest absolute Gasteiger partial charge is 0.226 e. The average Bonchev–Trinajstić information content (AvgIpc) is 3.31. The Bertz CT molecular complexity index is 1110. The summed E-state index contributed by atoms with van der Waals surface area (Å²) >= 11 is 0. The normalized spacial score (nSPS) is 13.4. The van der Waals surface area contributed by atoms with Gasteiger partial charge in [-0.3, -0.25) is 4.79 Å². The molecule has 1 heterocycles. The second-order valence-corrected chi connectivity index (χ2v) is 8.96. The van der Waals surface area contributed by atoms with E-state index in [1.807, 2.05) is 93.6 Å².